The smallest absolute Gasteiger partial charge is 0.335 e. The topological polar surface area (TPSA) is 84.9 Å². The molecule has 1 N–H and O–H groups in total. The number of para-hydroxylation sites is 1. The van der Waals surface area contributed by atoms with E-state index in [-0.39, 0.29) is 17.9 Å². The molecule has 4 amide bonds. The first-order chi connectivity index (χ1) is 19.8. The Hall–Kier alpha value is -4.59. The molecule has 5 rings (SSSR count). The van der Waals surface area contributed by atoms with Gasteiger partial charge in [0.15, 0.2) is 0 Å². The average Bonchev–Trinajstić information content (AvgIpc) is 2.96. The van der Waals surface area contributed by atoms with Crippen LogP contribution in [0, 0.1) is 6.92 Å². The van der Waals surface area contributed by atoms with Gasteiger partial charge in [0.2, 0.25) is 0 Å². The lowest BCUT2D eigenvalue weighted by molar-refractivity contribution is -0.122. The molecule has 0 aromatic heterocycles. The molecule has 7 nitrogen and oxygen atoms in total. The van der Waals surface area contributed by atoms with Gasteiger partial charge in [-0.3, -0.25) is 14.9 Å². The molecule has 1 fully saturated rings. The van der Waals surface area contributed by atoms with E-state index < -0.39 is 17.8 Å². The minimum atomic E-state index is -0.838. The van der Waals surface area contributed by atoms with E-state index in [2.05, 4.69) is 5.32 Å². The molecule has 0 radical (unpaired) electrons. The van der Waals surface area contributed by atoms with Crippen LogP contribution in [0.15, 0.2) is 96.6 Å². The minimum Gasteiger partial charge on any atom is -0.489 e. The first kappa shape index (κ1) is 28.0. The van der Waals surface area contributed by atoms with Gasteiger partial charge in [-0.25, -0.2) is 9.69 Å². The zero-order valence-corrected chi connectivity index (χ0v) is 23.4. The number of imide groups is 2. The number of hydrogen-bond acceptors (Lipinski definition) is 5. The molecule has 1 aliphatic heterocycles. The molecule has 4 aromatic carbocycles. The third-order valence-electron chi connectivity index (χ3n) is 6.32. The zero-order valence-electron chi connectivity index (χ0n) is 21.9. The number of hydrogen-bond donors (Lipinski definition) is 1. The van der Waals surface area contributed by atoms with Gasteiger partial charge in [0.05, 0.1) is 15.7 Å². The number of amides is 4. The summed E-state index contributed by atoms with van der Waals surface area (Å²) in [6.07, 6.45) is 1.40. The highest BCUT2D eigenvalue weighted by atomic mass is 35.5. The summed E-state index contributed by atoms with van der Waals surface area (Å²) in [5.41, 5.74) is 3.53. The lowest BCUT2D eigenvalue weighted by Gasteiger charge is -2.26. The molecular weight excluding hydrogens is 563 g/mol. The quantitative estimate of drug-likeness (QED) is 0.175. The van der Waals surface area contributed by atoms with Crippen molar-refractivity contribution in [3.63, 3.8) is 0 Å². The van der Waals surface area contributed by atoms with Gasteiger partial charge in [-0.1, -0.05) is 77.3 Å². The maximum absolute atomic E-state index is 13.4. The Bertz CT molecular complexity index is 1650. The lowest BCUT2D eigenvalue weighted by atomic mass is 10.1. The predicted octanol–water partition coefficient (Wildman–Crippen LogP) is 7.13. The third-order valence-corrected chi connectivity index (χ3v) is 7.06. The average molecular weight is 587 g/mol. The van der Waals surface area contributed by atoms with Crippen LogP contribution < -0.4 is 19.7 Å². The molecule has 206 valence electrons. The zero-order chi connectivity index (χ0) is 28.9. The molecule has 0 unspecified atom stereocenters. The van der Waals surface area contributed by atoms with Gasteiger partial charge in [-0.05, 0) is 66.6 Å². The van der Waals surface area contributed by atoms with Crippen molar-refractivity contribution in [2.45, 2.75) is 20.1 Å². The van der Waals surface area contributed by atoms with Gasteiger partial charge < -0.3 is 9.47 Å². The second-order valence-electron chi connectivity index (χ2n) is 9.30. The molecule has 0 bridgehead atoms. The van der Waals surface area contributed by atoms with Gasteiger partial charge in [0.1, 0.15) is 30.3 Å². The van der Waals surface area contributed by atoms with Gasteiger partial charge >= 0.3 is 6.03 Å². The van der Waals surface area contributed by atoms with Crippen LogP contribution in [0.4, 0.5) is 10.5 Å². The Labute approximate surface area is 246 Å². The van der Waals surface area contributed by atoms with E-state index in [0.717, 1.165) is 21.6 Å². The van der Waals surface area contributed by atoms with Crippen molar-refractivity contribution in [3.05, 3.63) is 129 Å². The summed E-state index contributed by atoms with van der Waals surface area (Å²) in [7, 11) is 0. The largest absolute Gasteiger partial charge is 0.489 e. The highest BCUT2D eigenvalue weighted by molar-refractivity contribution is 6.42. The molecule has 0 atom stereocenters. The number of nitrogens with one attached hydrogen (secondary N) is 1. The van der Waals surface area contributed by atoms with Gasteiger partial charge in [0.25, 0.3) is 11.8 Å². The second-order valence-corrected chi connectivity index (χ2v) is 10.1. The number of aryl methyl sites for hydroxylation is 1. The van der Waals surface area contributed by atoms with E-state index in [1.54, 1.807) is 66.7 Å². The van der Waals surface area contributed by atoms with E-state index in [0.29, 0.717) is 33.7 Å². The molecule has 0 saturated carbocycles. The first-order valence-electron chi connectivity index (χ1n) is 12.6. The highest BCUT2D eigenvalue weighted by Gasteiger charge is 2.37. The van der Waals surface area contributed by atoms with Crippen molar-refractivity contribution < 1.29 is 23.9 Å². The first-order valence-corrected chi connectivity index (χ1v) is 13.4. The summed E-state index contributed by atoms with van der Waals surface area (Å²) in [5.74, 6) is -0.552. The van der Waals surface area contributed by atoms with E-state index in [9.17, 15) is 14.4 Å². The van der Waals surface area contributed by atoms with Crippen molar-refractivity contribution in [2.24, 2.45) is 0 Å². The van der Waals surface area contributed by atoms with E-state index in [1.807, 2.05) is 31.2 Å². The Balaban J connectivity index is 1.33. The molecule has 1 saturated heterocycles. The van der Waals surface area contributed by atoms with Gasteiger partial charge in [-0.2, -0.15) is 0 Å². The Morgan fingerprint density at radius 1 is 0.780 bits per heavy atom. The number of carbonyl (C=O) groups is 3. The monoisotopic (exact) mass is 586 g/mol. The van der Waals surface area contributed by atoms with Crippen LogP contribution in [0.3, 0.4) is 0 Å². The second kappa shape index (κ2) is 12.3. The van der Waals surface area contributed by atoms with Crippen molar-refractivity contribution in [1.82, 2.24) is 5.32 Å². The molecule has 0 aliphatic carbocycles. The summed E-state index contributed by atoms with van der Waals surface area (Å²) in [6, 6.07) is 25.8. The molecule has 1 aliphatic rings. The number of barbiturate groups is 1. The van der Waals surface area contributed by atoms with Crippen molar-refractivity contribution >= 4 is 52.8 Å². The highest BCUT2D eigenvalue weighted by Crippen LogP contribution is 2.28. The van der Waals surface area contributed by atoms with E-state index >= 15 is 0 Å². The Kier molecular flexibility index (Phi) is 8.38. The van der Waals surface area contributed by atoms with Crippen LogP contribution in [-0.2, 0) is 22.8 Å². The maximum atomic E-state index is 13.4. The molecule has 1 heterocycles. The van der Waals surface area contributed by atoms with Crippen molar-refractivity contribution in [1.29, 1.82) is 0 Å². The molecule has 0 spiro atoms. The van der Waals surface area contributed by atoms with Crippen molar-refractivity contribution in [3.8, 4) is 11.5 Å². The molecule has 9 heteroatoms. The molecule has 41 heavy (non-hydrogen) atoms. The van der Waals surface area contributed by atoms with Gasteiger partial charge in [0, 0.05) is 5.56 Å². The molecular formula is C32H24Cl2N2O5. The lowest BCUT2D eigenvalue weighted by Crippen LogP contribution is -2.54. The van der Waals surface area contributed by atoms with Crippen LogP contribution in [0.5, 0.6) is 11.5 Å². The van der Waals surface area contributed by atoms with Gasteiger partial charge in [-0.15, -0.1) is 0 Å². The number of carbonyl (C=O) groups excluding carboxylic acids is 3. The van der Waals surface area contributed by atoms with Crippen LogP contribution in [0.1, 0.15) is 22.3 Å². The number of nitrogens with zero attached hydrogens (tertiary/aromatic N) is 1. The van der Waals surface area contributed by atoms with Crippen LogP contribution in [-0.4, -0.2) is 17.8 Å². The third kappa shape index (κ3) is 6.60. The van der Waals surface area contributed by atoms with Crippen LogP contribution in [0.25, 0.3) is 6.08 Å². The van der Waals surface area contributed by atoms with E-state index in [1.165, 1.54) is 6.08 Å². The Morgan fingerprint density at radius 3 is 2.20 bits per heavy atom. The number of benzene rings is 4. The summed E-state index contributed by atoms with van der Waals surface area (Å²) in [4.78, 5) is 39.7. The molecule has 4 aromatic rings. The maximum Gasteiger partial charge on any atom is 0.335 e. The van der Waals surface area contributed by atoms with E-state index in [4.69, 9.17) is 32.7 Å². The van der Waals surface area contributed by atoms with Crippen LogP contribution >= 0.6 is 23.2 Å². The van der Waals surface area contributed by atoms with Crippen LogP contribution in [0.2, 0.25) is 10.0 Å². The summed E-state index contributed by atoms with van der Waals surface area (Å²) >= 11 is 12.1. The number of halogens is 2. The predicted molar refractivity (Wildman–Crippen MR) is 158 cm³/mol. The fourth-order valence-electron chi connectivity index (χ4n) is 4.11. The SMILES string of the molecule is Cc1ccc(COc2ccc(N3C(=O)NC(=O)/C(=C\c4ccccc4OCc4ccc(Cl)c(Cl)c4)C3=O)cc2)cc1. The minimum absolute atomic E-state index is 0.181. The summed E-state index contributed by atoms with van der Waals surface area (Å²) in [5, 5.41) is 3.08. The number of ether oxygens (including phenoxy) is 2. The number of anilines is 1. The normalized spacial score (nSPS) is 14.3. The Morgan fingerprint density at radius 2 is 1.46 bits per heavy atom. The fraction of sp³-hybridized carbons (Fsp3) is 0.0938. The fourth-order valence-corrected chi connectivity index (χ4v) is 4.43. The summed E-state index contributed by atoms with van der Waals surface area (Å²) < 4.78 is 11.8. The number of rotatable bonds is 8. The number of urea groups is 1. The van der Waals surface area contributed by atoms with Crippen molar-refractivity contribution in [2.75, 3.05) is 4.90 Å². The standard InChI is InChI=1S/C32H24Cl2N2O5/c1-20-6-8-21(9-7-20)18-40-25-13-11-24(12-14-25)36-31(38)26(30(37)35-32(36)39)17-23-4-2-3-5-29(23)41-19-22-10-15-27(33)28(34)16-22/h2-17H,18-19H2,1H3,(H,35,37,39)/b26-17+. The summed E-state index contributed by atoms with van der Waals surface area (Å²) in [6.45, 7) is 2.57.